The highest BCUT2D eigenvalue weighted by molar-refractivity contribution is 6.35. The van der Waals surface area contributed by atoms with Crippen LogP contribution in [0.5, 0.6) is 17.2 Å². The van der Waals surface area contributed by atoms with Crippen molar-refractivity contribution >= 4 is 52.8 Å². The van der Waals surface area contributed by atoms with Crippen LogP contribution < -0.4 is 25.0 Å². The van der Waals surface area contributed by atoms with Crippen LogP contribution in [0.2, 0.25) is 15.1 Å². The Hall–Kier alpha value is -4.24. The third-order valence-electron chi connectivity index (χ3n) is 6.45. The normalized spacial score (nSPS) is 12.3. The number of hydrogen-bond donors (Lipinski definition) is 2. The smallest absolute Gasteiger partial charge is 0.262 e. The Morgan fingerprint density at radius 3 is 2.22 bits per heavy atom. The Bertz CT molecular complexity index is 1620. The minimum absolute atomic E-state index is 0.233. The lowest BCUT2D eigenvalue weighted by Crippen LogP contribution is -2.50. The number of rotatable bonds is 14. The molecule has 4 rings (SSSR count). The summed E-state index contributed by atoms with van der Waals surface area (Å²) in [6, 6.07) is 25.8. The Balaban J connectivity index is 1.41. The molecule has 0 radical (unpaired) electrons. The molecule has 0 aromatic heterocycles. The van der Waals surface area contributed by atoms with Gasteiger partial charge in [-0.25, -0.2) is 5.43 Å². The standard InChI is InChI=1S/C34H32Cl3N3O5/c1-3-43-32-18-25(11-15-31(32)44-21-24-9-12-26(35)13-10-24)20-38-40-34(42)29(17-23-7-5-4-6-8-23)39-33(41)22(2)45-30-16-14-27(36)19-28(30)37/h4-16,18-20,22,29H,3,17,21H2,1-2H3,(H,39,41)(H,40,42)/b38-20-/t22-,29-/m1/s1. The Morgan fingerprint density at radius 1 is 0.800 bits per heavy atom. The van der Waals surface area contributed by atoms with Crippen molar-refractivity contribution in [3.8, 4) is 17.2 Å². The predicted molar refractivity (Wildman–Crippen MR) is 178 cm³/mol. The summed E-state index contributed by atoms with van der Waals surface area (Å²) >= 11 is 18.1. The first kappa shape index (κ1) is 33.6. The molecule has 2 amide bonds. The van der Waals surface area contributed by atoms with Gasteiger partial charge in [-0.15, -0.1) is 0 Å². The van der Waals surface area contributed by atoms with E-state index in [2.05, 4.69) is 15.8 Å². The van der Waals surface area contributed by atoms with Crippen molar-refractivity contribution in [1.29, 1.82) is 0 Å². The Kier molecular flexibility index (Phi) is 12.5. The predicted octanol–water partition coefficient (Wildman–Crippen LogP) is 7.27. The fourth-order valence-corrected chi connectivity index (χ4v) is 4.72. The molecule has 2 atom stereocenters. The van der Waals surface area contributed by atoms with E-state index < -0.39 is 24.0 Å². The molecule has 0 bridgehead atoms. The van der Waals surface area contributed by atoms with Crippen molar-refractivity contribution in [1.82, 2.24) is 10.7 Å². The molecule has 0 saturated heterocycles. The second-order valence-electron chi connectivity index (χ2n) is 9.87. The first-order chi connectivity index (χ1) is 21.7. The van der Waals surface area contributed by atoms with E-state index in [-0.39, 0.29) is 11.4 Å². The van der Waals surface area contributed by atoms with Crippen molar-refractivity contribution in [2.45, 2.75) is 39.0 Å². The SMILES string of the molecule is CCOc1cc(/C=N\NC(=O)[C@@H](Cc2ccccc2)NC(=O)[C@@H](C)Oc2ccc(Cl)cc2Cl)ccc1OCc1ccc(Cl)cc1. The molecule has 0 saturated carbocycles. The fourth-order valence-electron chi connectivity index (χ4n) is 4.15. The molecule has 4 aromatic rings. The zero-order chi connectivity index (χ0) is 32.2. The first-order valence-corrected chi connectivity index (χ1v) is 15.3. The molecule has 0 heterocycles. The zero-order valence-electron chi connectivity index (χ0n) is 24.6. The third kappa shape index (κ3) is 10.4. The summed E-state index contributed by atoms with van der Waals surface area (Å²) in [5.41, 5.74) is 5.02. The third-order valence-corrected chi connectivity index (χ3v) is 7.23. The summed E-state index contributed by atoms with van der Waals surface area (Å²) in [6.07, 6.45) is 0.769. The van der Waals surface area contributed by atoms with E-state index in [4.69, 9.17) is 49.0 Å². The Labute approximate surface area is 277 Å². The van der Waals surface area contributed by atoms with Crippen LogP contribution in [0.1, 0.15) is 30.5 Å². The van der Waals surface area contributed by atoms with Gasteiger partial charge in [0.05, 0.1) is 17.8 Å². The van der Waals surface area contributed by atoms with Gasteiger partial charge >= 0.3 is 0 Å². The lowest BCUT2D eigenvalue weighted by atomic mass is 10.1. The topological polar surface area (TPSA) is 98.2 Å². The van der Waals surface area contributed by atoms with Crippen molar-refractivity contribution in [2.24, 2.45) is 5.10 Å². The van der Waals surface area contributed by atoms with Crippen LogP contribution in [0, 0.1) is 0 Å². The summed E-state index contributed by atoms with van der Waals surface area (Å²) in [7, 11) is 0. The lowest BCUT2D eigenvalue weighted by molar-refractivity contribution is -0.132. The summed E-state index contributed by atoms with van der Waals surface area (Å²) in [5.74, 6) is 0.385. The molecular formula is C34H32Cl3N3O5. The maximum Gasteiger partial charge on any atom is 0.262 e. The van der Waals surface area contributed by atoms with Crippen LogP contribution in [-0.4, -0.2) is 36.8 Å². The van der Waals surface area contributed by atoms with Crippen LogP contribution in [0.25, 0.3) is 0 Å². The highest BCUT2D eigenvalue weighted by Gasteiger charge is 2.25. The van der Waals surface area contributed by atoms with Crippen molar-refractivity contribution in [3.05, 3.63) is 123 Å². The molecule has 0 unspecified atom stereocenters. The number of hydrazone groups is 1. The number of amides is 2. The van der Waals surface area contributed by atoms with Crippen molar-refractivity contribution < 1.29 is 23.8 Å². The van der Waals surface area contributed by atoms with Crippen LogP contribution in [-0.2, 0) is 22.6 Å². The van der Waals surface area contributed by atoms with E-state index in [0.717, 1.165) is 11.1 Å². The number of nitrogens with zero attached hydrogens (tertiary/aromatic N) is 1. The van der Waals surface area contributed by atoms with Gasteiger partial charge in [-0.1, -0.05) is 77.3 Å². The molecule has 0 aliphatic carbocycles. The summed E-state index contributed by atoms with van der Waals surface area (Å²) in [6.45, 7) is 4.21. The van der Waals surface area contributed by atoms with Gasteiger partial charge in [0.15, 0.2) is 17.6 Å². The van der Waals surface area contributed by atoms with Crippen LogP contribution in [0.15, 0.2) is 96.1 Å². The largest absolute Gasteiger partial charge is 0.490 e. The number of hydrogen-bond acceptors (Lipinski definition) is 6. The van der Waals surface area contributed by atoms with Gasteiger partial charge in [-0.2, -0.15) is 5.10 Å². The number of nitrogens with one attached hydrogen (secondary N) is 2. The molecule has 0 aliphatic heterocycles. The van der Waals surface area contributed by atoms with E-state index in [0.29, 0.717) is 46.1 Å². The summed E-state index contributed by atoms with van der Waals surface area (Å²) in [5, 5.41) is 8.26. The number of carbonyl (C=O) groups excluding carboxylic acids is 2. The molecular weight excluding hydrogens is 637 g/mol. The average Bonchev–Trinajstić information content (AvgIpc) is 3.03. The van der Waals surface area contributed by atoms with Crippen molar-refractivity contribution in [3.63, 3.8) is 0 Å². The summed E-state index contributed by atoms with van der Waals surface area (Å²) in [4.78, 5) is 26.3. The van der Waals surface area contributed by atoms with Gasteiger partial charge in [0.25, 0.3) is 11.8 Å². The van der Waals surface area contributed by atoms with Gasteiger partial charge in [0.1, 0.15) is 18.4 Å². The van der Waals surface area contributed by atoms with Crippen LogP contribution >= 0.6 is 34.8 Å². The first-order valence-electron chi connectivity index (χ1n) is 14.1. The van der Waals surface area contributed by atoms with Gasteiger partial charge in [-0.3, -0.25) is 9.59 Å². The van der Waals surface area contributed by atoms with Gasteiger partial charge < -0.3 is 19.5 Å². The lowest BCUT2D eigenvalue weighted by Gasteiger charge is -2.21. The average molecular weight is 669 g/mol. The highest BCUT2D eigenvalue weighted by Crippen LogP contribution is 2.30. The maximum absolute atomic E-state index is 13.2. The minimum atomic E-state index is -0.948. The van der Waals surface area contributed by atoms with Gasteiger partial charge in [-0.05, 0) is 79.1 Å². The van der Waals surface area contributed by atoms with Crippen LogP contribution in [0.3, 0.4) is 0 Å². The Morgan fingerprint density at radius 2 is 1.51 bits per heavy atom. The second kappa shape index (κ2) is 16.7. The molecule has 4 aromatic carbocycles. The van der Waals surface area contributed by atoms with Crippen molar-refractivity contribution in [2.75, 3.05) is 6.61 Å². The maximum atomic E-state index is 13.2. The fraction of sp³-hybridized carbons (Fsp3) is 0.206. The molecule has 0 fully saturated rings. The van der Waals surface area contributed by atoms with E-state index in [1.807, 2.05) is 49.4 Å². The number of halogens is 3. The molecule has 234 valence electrons. The highest BCUT2D eigenvalue weighted by atomic mass is 35.5. The number of carbonyl (C=O) groups is 2. The molecule has 2 N–H and O–H groups in total. The molecule has 11 heteroatoms. The van der Waals surface area contributed by atoms with E-state index in [1.165, 1.54) is 12.3 Å². The quantitative estimate of drug-likeness (QED) is 0.109. The van der Waals surface area contributed by atoms with Gasteiger partial charge in [0, 0.05) is 16.5 Å². The zero-order valence-corrected chi connectivity index (χ0v) is 26.9. The molecule has 0 aliphatic rings. The van der Waals surface area contributed by atoms with E-state index >= 15 is 0 Å². The second-order valence-corrected chi connectivity index (χ2v) is 11.2. The number of benzene rings is 4. The minimum Gasteiger partial charge on any atom is -0.490 e. The van der Waals surface area contributed by atoms with Crippen LogP contribution in [0.4, 0.5) is 0 Å². The monoisotopic (exact) mass is 667 g/mol. The molecule has 0 spiro atoms. The van der Waals surface area contributed by atoms with E-state index in [1.54, 1.807) is 49.4 Å². The number of ether oxygens (including phenoxy) is 3. The van der Waals surface area contributed by atoms with Gasteiger partial charge in [0.2, 0.25) is 0 Å². The van der Waals surface area contributed by atoms with E-state index in [9.17, 15) is 9.59 Å². The molecule has 8 nitrogen and oxygen atoms in total. The molecule has 45 heavy (non-hydrogen) atoms. The summed E-state index contributed by atoms with van der Waals surface area (Å²) < 4.78 is 17.5.